The number of amides is 1. The molecule has 1 aliphatic heterocycles. The number of piperazine rings is 1. The van der Waals surface area contributed by atoms with Gasteiger partial charge in [0, 0.05) is 58.9 Å². The molecule has 1 amide bonds. The van der Waals surface area contributed by atoms with Crippen LogP contribution in [-0.4, -0.2) is 73.1 Å². The molecule has 0 radical (unpaired) electrons. The lowest BCUT2D eigenvalue weighted by Gasteiger charge is -2.36. The second kappa shape index (κ2) is 11.5. The van der Waals surface area contributed by atoms with Crippen LogP contribution >= 0.6 is 0 Å². The molecule has 1 fully saturated rings. The van der Waals surface area contributed by atoms with E-state index in [9.17, 15) is 9.59 Å². The molecule has 0 saturated carbocycles. The van der Waals surface area contributed by atoms with Gasteiger partial charge < -0.3 is 25.6 Å². The molecule has 0 bridgehead atoms. The molecule has 1 aliphatic rings. The predicted octanol–water partition coefficient (Wildman–Crippen LogP) is 1.07. The molecule has 9 heteroatoms. The van der Waals surface area contributed by atoms with Crippen LogP contribution in [0.1, 0.15) is 19.8 Å². The SMILES string of the molecule is CCOCCCNc1c(N2CCN(C(=O)CCN)CC2)cnn(-c2ccccc2)c1=O. The zero-order valence-corrected chi connectivity index (χ0v) is 18.1. The Hall–Kier alpha value is -2.91. The smallest absolute Gasteiger partial charge is 0.296 e. The molecule has 0 spiro atoms. The van der Waals surface area contributed by atoms with Gasteiger partial charge in [0.15, 0.2) is 0 Å². The van der Waals surface area contributed by atoms with Crippen molar-refractivity contribution >= 4 is 17.3 Å². The van der Waals surface area contributed by atoms with E-state index in [4.69, 9.17) is 10.5 Å². The van der Waals surface area contributed by atoms with E-state index in [2.05, 4.69) is 15.3 Å². The maximum atomic E-state index is 13.3. The molecule has 1 aromatic carbocycles. The molecule has 3 rings (SSSR count). The first kappa shape index (κ1) is 22.8. The number of rotatable bonds is 10. The van der Waals surface area contributed by atoms with E-state index in [0.717, 1.165) is 12.1 Å². The number of aromatic nitrogens is 2. The van der Waals surface area contributed by atoms with Crippen LogP contribution in [0.15, 0.2) is 41.3 Å². The summed E-state index contributed by atoms with van der Waals surface area (Å²) in [5.41, 5.74) is 7.32. The first-order valence-electron chi connectivity index (χ1n) is 10.9. The lowest BCUT2D eigenvalue weighted by atomic mass is 10.2. The van der Waals surface area contributed by atoms with Crippen molar-refractivity contribution in [1.82, 2.24) is 14.7 Å². The van der Waals surface area contributed by atoms with Crippen LogP contribution in [0.5, 0.6) is 0 Å². The van der Waals surface area contributed by atoms with Crippen molar-refractivity contribution in [3.63, 3.8) is 0 Å². The number of carbonyl (C=O) groups excluding carboxylic acids is 1. The number of nitrogens with two attached hydrogens (primary N) is 1. The Morgan fingerprint density at radius 3 is 2.61 bits per heavy atom. The Balaban J connectivity index is 1.81. The van der Waals surface area contributed by atoms with Crippen molar-refractivity contribution in [2.45, 2.75) is 19.8 Å². The Morgan fingerprint density at radius 1 is 1.19 bits per heavy atom. The van der Waals surface area contributed by atoms with Gasteiger partial charge in [-0.25, -0.2) is 0 Å². The molecular weight excluding hydrogens is 396 g/mol. The van der Waals surface area contributed by atoms with Crippen LogP contribution in [0.2, 0.25) is 0 Å². The van der Waals surface area contributed by atoms with Crippen molar-refractivity contribution in [3.8, 4) is 5.69 Å². The van der Waals surface area contributed by atoms with Crippen LogP contribution in [0, 0.1) is 0 Å². The van der Waals surface area contributed by atoms with Gasteiger partial charge in [0.2, 0.25) is 5.91 Å². The van der Waals surface area contributed by atoms with E-state index in [1.54, 1.807) is 6.20 Å². The van der Waals surface area contributed by atoms with Crippen LogP contribution in [0.25, 0.3) is 5.69 Å². The molecule has 2 aromatic rings. The van der Waals surface area contributed by atoms with Crippen LogP contribution in [0.4, 0.5) is 11.4 Å². The van der Waals surface area contributed by atoms with Gasteiger partial charge in [-0.1, -0.05) is 18.2 Å². The largest absolute Gasteiger partial charge is 0.382 e. The highest BCUT2D eigenvalue weighted by molar-refractivity contribution is 5.77. The van der Waals surface area contributed by atoms with Gasteiger partial charge in [0.25, 0.3) is 5.56 Å². The van der Waals surface area contributed by atoms with E-state index in [-0.39, 0.29) is 11.5 Å². The van der Waals surface area contributed by atoms with E-state index < -0.39 is 0 Å². The third kappa shape index (κ3) is 5.83. The lowest BCUT2D eigenvalue weighted by Crippen LogP contribution is -2.49. The van der Waals surface area contributed by atoms with Crippen molar-refractivity contribution in [2.24, 2.45) is 5.73 Å². The minimum Gasteiger partial charge on any atom is -0.382 e. The molecular formula is C22H32N6O3. The standard InChI is InChI=1S/C22H32N6O3/c1-2-31-16-6-11-24-21-19(26-12-14-27(15-13-26)20(29)9-10-23)17-25-28(22(21)30)18-7-4-3-5-8-18/h3-5,7-8,17,24H,2,6,9-16,23H2,1H3. The summed E-state index contributed by atoms with van der Waals surface area (Å²) in [6, 6.07) is 9.37. The number of nitrogens with one attached hydrogen (secondary N) is 1. The monoisotopic (exact) mass is 428 g/mol. The van der Waals surface area contributed by atoms with Gasteiger partial charge in [-0.15, -0.1) is 0 Å². The minimum absolute atomic E-state index is 0.0778. The number of carbonyl (C=O) groups is 1. The molecule has 1 aromatic heterocycles. The fourth-order valence-corrected chi connectivity index (χ4v) is 3.61. The molecule has 2 heterocycles. The Kier molecular flexibility index (Phi) is 8.43. The molecule has 0 aliphatic carbocycles. The first-order valence-corrected chi connectivity index (χ1v) is 10.9. The summed E-state index contributed by atoms with van der Waals surface area (Å²) in [6.07, 6.45) is 2.89. The number of ether oxygens (including phenoxy) is 1. The third-order valence-electron chi connectivity index (χ3n) is 5.26. The summed E-state index contributed by atoms with van der Waals surface area (Å²) in [6.45, 7) is 6.74. The van der Waals surface area contributed by atoms with E-state index >= 15 is 0 Å². The van der Waals surface area contributed by atoms with E-state index in [0.29, 0.717) is 70.3 Å². The average molecular weight is 429 g/mol. The Morgan fingerprint density at radius 2 is 1.94 bits per heavy atom. The summed E-state index contributed by atoms with van der Waals surface area (Å²) >= 11 is 0. The first-order chi connectivity index (χ1) is 15.2. The maximum absolute atomic E-state index is 13.3. The summed E-state index contributed by atoms with van der Waals surface area (Å²) in [7, 11) is 0. The Labute approximate surface area is 182 Å². The summed E-state index contributed by atoms with van der Waals surface area (Å²) in [5.74, 6) is 0.0778. The highest BCUT2D eigenvalue weighted by Gasteiger charge is 2.24. The molecule has 1 saturated heterocycles. The van der Waals surface area contributed by atoms with Crippen molar-refractivity contribution in [3.05, 3.63) is 46.9 Å². The van der Waals surface area contributed by atoms with Crippen molar-refractivity contribution in [1.29, 1.82) is 0 Å². The normalized spacial score (nSPS) is 14.0. The van der Waals surface area contributed by atoms with Crippen molar-refractivity contribution < 1.29 is 9.53 Å². The quantitative estimate of drug-likeness (QED) is 0.545. The number of benzene rings is 1. The van der Waals surface area contributed by atoms with Crippen LogP contribution in [0.3, 0.4) is 0 Å². The van der Waals surface area contributed by atoms with Gasteiger partial charge >= 0.3 is 0 Å². The topological polar surface area (TPSA) is 106 Å². The second-order valence-electron chi connectivity index (χ2n) is 7.34. The predicted molar refractivity (Wildman–Crippen MR) is 122 cm³/mol. The molecule has 3 N–H and O–H groups in total. The number of hydrogen-bond acceptors (Lipinski definition) is 7. The highest BCUT2D eigenvalue weighted by atomic mass is 16.5. The van der Waals surface area contributed by atoms with E-state index in [1.807, 2.05) is 42.2 Å². The molecule has 31 heavy (non-hydrogen) atoms. The van der Waals surface area contributed by atoms with Gasteiger partial charge in [-0.2, -0.15) is 9.78 Å². The molecule has 168 valence electrons. The zero-order valence-electron chi connectivity index (χ0n) is 18.1. The molecule has 0 atom stereocenters. The maximum Gasteiger partial charge on any atom is 0.296 e. The number of para-hydroxylation sites is 1. The van der Waals surface area contributed by atoms with E-state index in [1.165, 1.54) is 4.68 Å². The summed E-state index contributed by atoms with van der Waals surface area (Å²) in [4.78, 5) is 29.4. The number of anilines is 2. The van der Waals surface area contributed by atoms with Crippen LogP contribution in [-0.2, 0) is 9.53 Å². The number of nitrogens with zero attached hydrogens (tertiary/aromatic N) is 4. The van der Waals surface area contributed by atoms with Crippen LogP contribution < -0.4 is 21.5 Å². The number of hydrogen-bond donors (Lipinski definition) is 2. The summed E-state index contributed by atoms with van der Waals surface area (Å²) in [5, 5.41) is 7.74. The Bertz CT molecular complexity index is 894. The highest BCUT2D eigenvalue weighted by Crippen LogP contribution is 2.23. The fraction of sp³-hybridized carbons (Fsp3) is 0.500. The van der Waals surface area contributed by atoms with Gasteiger partial charge in [0.05, 0.1) is 17.6 Å². The third-order valence-corrected chi connectivity index (χ3v) is 5.26. The van der Waals surface area contributed by atoms with Gasteiger partial charge in [0.1, 0.15) is 5.69 Å². The molecule has 9 nitrogen and oxygen atoms in total. The zero-order chi connectivity index (χ0) is 22.1. The fourth-order valence-electron chi connectivity index (χ4n) is 3.61. The van der Waals surface area contributed by atoms with Gasteiger partial charge in [-0.3, -0.25) is 9.59 Å². The van der Waals surface area contributed by atoms with Gasteiger partial charge in [-0.05, 0) is 25.5 Å². The average Bonchev–Trinajstić information content (AvgIpc) is 2.80. The second-order valence-corrected chi connectivity index (χ2v) is 7.34. The lowest BCUT2D eigenvalue weighted by molar-refractivity contribution is -0.131. The minimum atomic E-state index is -0.193. The van der Waals surface area contributed by atoms with Crippen molar-refractivity contribution in [2.75, 3.05) is 62.7 Å². The molecule has 0 unspecified atom stereocenters. The summed E-state index contributed by atoms with van der Waals surface area (Å²) < 4.78 is 6.82.